The molecule has 0 fully saturated rings. The highest BCUT2D eigenvalue weighted by Gasteiger charge is 2.17. The third-order valence-corrected chi connectivity index (χ3v) is 4.00. The number of benzene rings is 2. The van der Waals surface area contributed by atoms with Crippen LogP contribution in [0.4, 0.5) is 4.79 Å². The van der Waals surface area contributed by atoms with Crippen molar-refractivity contribution < 1.29 is 19.1 Å². The Hall–Kier alpha value is -2.82. The van der Waals surface area contributed by atoms with Gasteiger partial charge in [-0.3, -0.25) is 0 Å². The molecule has 2 rings (SSSR count). The van der Waals surface area contributed by atoms with E-state index < -0.39 is 12.1 Å². The molecule has 5 nitrogen and oxygen atoms in total. The molecule has 0 atom stereocenters. The van der Waals surface area contributed by atoms with E-state index in [0.717, 1.165) is 12.8 Å². The van der Waals surface area contributed by atoms with Crippen LogP contribution in [-0.4, -0.2) is 30.1 Å². The van der Waals surface area contributed by atoms with E-state index in [1.54, 1.807) is 41.3 Å². The molecule has 0 unspecified atom stereocenters. The van der Waals surface area contributed by atoms with Crippen molar-refractivity contribution in [1.29, 1.82) is 0 Å². The molecular weight excluding hydrogens is 330 g/mol. The van der Waals surface area contributed by atoms with Gasteiger partial charge >= 0.3 is 12.1 Å². The normalized spacial score (nSPS) is 10.3. The van der Waals surface area contributed by atoms with Crippen LogP contribution >= 0.6 is 0 Å². The van der Waals surface area contributed by atoms with Gasteiger partial charge in [-0.15, -0.1) is 0 Å². The lowest BCUT2D eigenvalue weighted by molar-refractivity contribution is 0.0727. The van der Waals surface area contributed by atoms with Gasteiger partial charge in [-0.05, 0) is 50.1 Å². The SMILES string of the molecule is CCCc1ccc(C(=O)Oc2ccccc2OC(=O)N(CC)CC)cc1. The number of para-hydroxylation sites is 2. The van der Waals surface area contributed by atoms with Crippen molar-refractivity contribution >= 4 is 12.1 Å². The van der Waals surface area contributed by atoms with Crippen LogP contribution in [-0.2, 0) is 6.42 Å². The summed E-state index contributed by atoms with van der Waals surface area (Å²) in [6.45, 7) is 6.94. The van der Waals surface area contributed by atoms with Gasteiger partial charge in [-0.1, -0.05) is 37.6 Å². The van der Waals surface area contributed by atoms with Gasteiger partial charge in [0.1, 0.15) is 0 Å². The summed E-state index contributed by atoms with van der Waals surface area (Å²) in [6, 6.07) is 14.0. The van der Waals surface area contributed by atoms with Crippen LogP contribution < -0.4 is 9.47 Å². The number of amides is 1. The van der Waals surface area contributed by atoms with Crippen LogP contribution in [0.15, 0.2) is 48.5 Å². The fourth-order valence-electron chi connectivity index (χ4n) is 2.51. The molecule has 0 bridgehead atoms. The Morgan fingerprint density at radius 1 is 0.846 bits per heavy atom. The topological polar surface area (TPSA) is 55.8 Å². The zero-order valence-electron chi connectivity index (χ0n) is 15.5. The van der Waals surface area contributed by atoms with Crippen molar-refractivity contribution in [1.82, 2.24) is 4.90 Å². The summed E-state index contributed by atoms with van der Waals surface area (Å²) in [4.78, 5) is 26.1. The van der Waals surface area contributed by atoms with Crippen LogP contribution in [0.25, 0.3) is 0 Å². The lowest BCUT2D eigenvalue weighted by Crippen LogP contribution is -2.33. The molecule has 0 spiro atoms. The van der Waals surface area contributed by atoms with Crippen LogP contribution in [0.2, 0.25) is 0 Å². The van der Waals surface area contributed by atoms with E-state index in [-0.39, 0.29) is 11.5 Å². The second kappa shape index (κ2) is 9.61. The number of carbonyl (C=O) groups excluding carboxylic acids is 2. The molecule has 0 aromatic heterocycles. The monoisotopic (exact) mass is 355 g/mol. The zero-order valence-corrected chi connectivity index (χ0v) is 15.5. The number of carbonyl (C=O) groups is 2. The fraction of sp³-hybridized carbons (Fsp3) is 0.333. The molecule has 0 aliphatic rings. The standard InChI is InChI=1S/C21H25NO4/c1-4-9-16-12-14-17(15-13-16)20(23)25-18-10-7-8-11-19(18)26-21(24)22(5-2)6-3/h7-8,10-15H,4-6,9H2,1-3H3. The molecule has 1 amide bonds. The molecule has 0 N–H and O–H groups in total. The molecule has 0 saturated carbocycles. The Balaban J connectivity index is 2.11. The maximum absolute atomic E-state index is 12.4. The molecule has 0 aliphatic carbocycles. The first kappa shape index (κ1) is 19.5. The smallest absolute Gasteiger partial charge is 0.415 e. The Kier molecular flexibility index (Phi) is 7.21. The Labute approximate surface area is 154 Å². The maximum Gasteiger partial charge on any atom is 0.415 e. The number of aryl methyl sites for hydroxylation is 1. The third-order valence-electron chi connectivity index (χ3n) is 4.00. The van der Waals surface area contributed by atoms with Crippen molar-refractivity contribution in [2.45, 2.75) is 33.6 Å². The van der Waals surface area contributed by atoms with E-state index in [9.17, 15) is 9.59 Å². The van der Waals surface area contributed by atoms with Crippen molar-refractivity contribution in [2.24, 2.45) is 0 Å². The minimum absolute atomic E-state index is 0.218. The van der Waals surface area contributed by atoms with Crippen molar-refractivity contribution in [3.8, 4) is 11.5 Å². The summed E-state index contributed by atoms with van der Waals surface area (Å²) < 4.78 is 10.8. The minimum Gasteiger partial charge on any atom is -0.419 e. The van der Waals surface area contributed by atoms with Gasteiger partial charge in [0.15, 0.2) is 11.5 Å². The molecule has 0 saturated heterocycles. The van der Waals surface area contributed by atoms with E-state index in [4.69, 9.17) is 9.47 Å². The van der Waals surface area contributed by atoms with Gasteiger partial charge in [0.25, 0.3) is 0 Å². The predicted octanol–water partition coefficient (Wildman–Crippen LogP) is 4.70. The molecule has 138 valence electrons. The summed E-state index contributed by atoms with van der Waals surface area (Å²) in [6.07, 6.45) is 1.55. The van der Waals surface area contributed by atoms with Gasteiger partial charge in [0.2, 0.25) is 0 Å². The Morgan fingerprint density at radius 2 is 1.42 bits per heavy atom. The van der Waals surface area contributed by atoms with Crippen LogP contribution in [0.5, 0.6) is 11.5 Å². The lowest BCUT2D eigenvalue weighted by Gasteiger charge is -2.18. The highest BCUT2D eigenvalue weighted by molar-refractivity contribution is 5.91. The van der Waals surface area contributed by atoms with E-state index in [0.29, 0.717) is 18.7 Å². The predicted molar refractivity (Wildman–Crippen MR) is 101 cm³/mol. The number of esters is 1. The number of ether oxygens (including phenoxy) is 2. The average Bonchev–Trinajstić information content (AvgIpc) is 2.65. The van der Waals surface area contributed by atoms with E-state index in [2.05, 4.69) is 6.92 Å². The van der Waals surface area contributed by atoms with Crippen molar-refractivity contribution in [3.63, 3.8) is 0 Å². The molecular formula is C21H25NO4. The zero-order chi connectivity index (χ0) is 18.9. The number of rotatable bonds is 7. The largest absolute Gasteiger partial charge is 0.419 e. The van der Waals surface area contributed by atoms with Gasteiger partial charge in [-0.2, -0.15) is 0 Å². The van der Waals surface area contributed by atoms with Crippen LogP contribution in [0.1, 0.15) is 43.1 Å². The first-order valence-corrected chi connectivity index (χ1v) is 8.95. The summed E-state index contributed by atoms with van der Waals surface area (Å²) in [5, 5.41) is 0. The van der Waals surface area contributed by atoms with Gasteiger partial charge in [0.05, 0.1) is 5.56 Å². The quantitative estimate of drug-likeness (QED) is 0.534. The fourth-order valence-corrected chi connectivity index (χ4v) is 2.51. The minimum atomic E-state index is -0.487. The molecule has 0 aliphatic heterocycles. The Morgan fingerprint density at radius 3 is 1.96 bits per heavy atom. The first-order chi connectivity index (χ1) is 12.6. The van der Waals surface area contributed by atoms with E-state index in [1.165, 1.54) is 5.56 Å². The molecule has 0 radical (unpaired) electrons. The van der Waals surface area contributed by atoms with E-state index >= 15 is 0 Å². The molecule has 0 heterocycles. The second-order valence-electron chi connectivity index (χ2n) is 5.82. The number of hydrogen-bond acceptors (Lipinski definition) is 4. The van der Waals surface area contributed by atoms with Crippen molar-refractivity contribution in [2.75, 3.05) is 13.1 Å². The molecule has 26 heavy (non-hydrogen) atoms. The van der Waals surface area contributed by atoms with Crippen LogP contribution in [0.3, 0.4) is 0 Å². The molecule has 5 heteroatoms. The third kappa shape index (κ3) is 5.09. The van der Waals surface area contributed by atoms with Crippen LogP contribution in [0, 0.1) is 0 Å². The highest BCUT2D eigenvalue weighted by Crippen LogP contribution is 2.28. The lowest BCUT2D eigenvalue weighted by atomic mass is 10.1. The average molecular weight is 355 g/mol. The van der Waals surface area contributed by atoms with Gasteiger partial charge < -0.3 is 14.4 Å². The van der Waals surface area contributed by atoms with Crippen molar-refractivity contribution in [3.05, 3.63) is 59.7 Å². The Bertz CT molecular complexity index is 736. The number of hydrogen-bond donors (Lipinski definition) is 0. The summed E-state index contributed by atoms with van der Waals surface area (Å²) >= 11 is 0. The molecule has 2 aromatic rings. The summed E-state index contributed by atoms with van der Waals surface area (Å²) in [5.41, 5.74) is 1.63. The first-order valence-electron chi connectivity index (χ1n) is 8.95. The van der Waals surface area contributed by atoms with Gasteiger partial charge in [0, 0.05) is 13.1 Å². The highest BCUT2D eigenvalue weighted by atomic mass is 16.6. The van der Waals surface area contributed by atoms with Gasteiger partial charge in [-0.25, -0.2) is 9.59 Å². The maximum atomic E-state index is 12.4. The number of nitrogens with zero attached hydrogens (tertiary/aromatic N) is 1. The second-order valence-corrected chi connectivity index (χ2v) is 5.82. The summed E-state index contributed by atoms with van der Waals surface area (Å²) in [5.74, 6) is -0.0459. The summed E-state index contributed by atoms with van der Waals surface area (Å²) in [7, 11) is 0. The molecule has 2 aromatic carbocycles. The van der Waals surface area contributed by atoms with E-state index in [1.807, 2.05) is 26.0 Å².